The van der Waals surface area contributed by atoms with E-state index in [4.69, 9.17) is 0 Å². The smallest absolute Gasteiger partial charge is 0.251 e. The van der Waals surface area contributed by atoms with Crippen molar-refractivity contribution in [3.8, 4) is 0 Å². The number of carbonyl (C=O) groups excluding carboxylic acids is 1. The van der Waals surface area contributed by atoms with Gasteiger partial charge >= 0.3 is 0 Å². The Morgan fingerprint density at radius 3 is 2.11 bits per heavy atom. The summed E-state index contributed by atoms with van der Waals surface area (Å²) in [5, 5.41) is 2.98. The van der Waals surface area contributed by atoms with Crippen molar-refractivity contribution >= 4 is 11.7 Å². The molecule has 1 aromatic carbocycles. The first-order chi connectivity index (χ1) is 13.5. The van der Waals surface area contributed by atoms with Gasteiger partial charge in [-0.2, -0.15) is 0 Å². The van der Waals surface area contributed by atoms with Crippen LogP contribution < -0.4 is 10.2 Å². The number of rotatable bonds is 10. The van der Waals surface area contributed by atoms with Crippen LogP contribution in [0.5, 0.6) is 0 Å². The molecule has 2 aromatic rings. The molecule has 0 aliphatic heterocycles. The number of benzene rings is 1. The lowest BCUT2D eigenvalue weighted by Gasteiger charge is -2.24. The number of amides is 1. The SMILES string of the molecule is CCN(CC)c1ccc(CNC(=O)c2ccc(CN(CC)C(C)C)cc2)cn1. The highest BCUT2D eigenvalue weighted by molar-refractivity contribution is 5.94. The summed E-state index contributed by atoms with van der Waals surface area (Å²) in [5.74, 6) is 0.911. The zero-order valence-electron chi connectivity index (χ0n) is 17.9. The van der Waals surface area contributed by atoms with Gasteiger partial charge < -0.3 is 10.2 Å². The molecular weight excluding hydrogens is 348 g/mol. The number of pyridine rings is 1. The number of aromatic nitrogens is 1. The summed E-state index contributed by atoms with van der Waals surface area (Å²) in [6.45, 7) is 15.1. The lowest BCUT2D eigenvalue weighted by atomic mass is 10.1. The Labute approximate surface area is 169 Å². The van der Waals surface area contributed by atoms with Gasteiger partial charge in [-0.25, -0.2) is 4.98 Å². The van der Waals surface area contributed by atoms with Crippen LogP contribution in [0.4, 0.5) is 5.82 Å². The number of hydrogen-bond donors (Lipinski definition) is 1. The average molecular weight is 383 g/mol. The number of nitrogens with one attached hydrogen (secondary N) is 1. The minimum Gasteiger partial charge on any atom is -0.357 e. The van der Waals surface area contributed by atoms with Gasteiger partial charge in [0.15, 0.2) is 0 Å². The third-order valence-corrected chi connectivity index (χ3v) is 5.09. The number of hydrogen-bond acceptors (Lipinski definition) is 4. The highest BCUT2D eigenvalue weighted by atomic mass is 16.1. The van der Waals surface area contributed by atoms with Gasteiger partial charge in [-0.1, -0.05) is 25.1 Å². The Bertz CT molecular complexity index is 721. The largest absolute Gasteiger partial charge is 0.357 e. The first-order valence-corrected chi connectivity index (χ1v) is 10.3. The van der Waals surface area contributed by atoms with Crippen LogP contribution in [0.1, 0.15) is 56.1 Å². The van der Waals surface area contributed by atoms with Crippen LogP contribution in [0, 0.1) is 0 Å². The molecule has 2 rings (SSSR count). The highest BCUT2D eigenvalue weighted by Gasteiger charge is 2.10. The minimum absolute atomic E-state index is 0.0597. The van der Waals surface area contributed by atoms with E-state index in [1.807, 2.05) is 42.6 Å². The molecule has 0 radical (unpaired) electrons. The first-order valence-electron chi connectivity index (χ1n) is 10.3. The van der Waals surface area contributed by atoms with E-state index in [1.165, 1.54) is 5.56 Å². The van der Waals surface area contributed by atoms with Gasteiger partial charge in [0.2, 0.25) is 0 Å². The third-order valence-electron chi connectivity index (χ3n) is 5.09. The lowest BCUT2D eigenvalue weighted by Crippen LogP contribution is -2.30. The van der Waals surface area contributed by atoms with Gasteiger partial charge in [0.05, 0.1) is 0 Å². The van der Waals surface area contributed by atoms with Gasteiger partial charge in [-0.3, -0.25) is 9.69 Å². The molecular formula is C23H34N4O. The van der Waals surface area contributed by atoms with Crippen LogP contribution in [0.3, 0.4) is 0 Å². The zero-order chi connectivity index (χ0) is 20.5. The predicted octanol–water partition coefficient (Wildman–Crippen LogP) is 4.09. The molecule has 0 fully saturated rings. The molecule has 0 saturated carbocycles. The summed E-state index contributed by atoms with van der Waals surface area (Å²) in [6, 6.07) is 12.4. The molecule has 0 aliphatic carbocycles. The van der Waals surface area contributed by atoms with Crippen LogP contribution in [-0.2, 0) is 13.1 Å². The Morgan fingerprint density at radius 2 is 1.61 bits per heavy atom. The number of anilines is 1. The zero-order valence-corrected chi connectivity index (χ0v) is 17.9. The van der Waals surface area contributed by atoms with Crippen LogP contribution in [-0.4, -0.2) is 41.5 Å². The molecule has 1 aromatic heterocycles. The second kappa shape index (κ2) is 10.8. The van der Waals surface area contributed by atoms with E-state index in [0.29, 0.717) is 18.2 Å². The van der Waals surface area contributed by atoms with Crippen molar-refractivity contribution in [1.82, 2.24) is 15.2 Å². The summed E-state index contributed by atoms with van der Waals surface area (Å²) >= 11 is 0. The Hall–Kier alpha value is -2.40. The average Bonchev–Trinajstić information content (AvgIpc) is 2.72. The van der Waals surface area contributed by atoms with E-state index >= 15 is 0 Å². The molecule has 1 amide bonds. The Morgan fingerprint density at radius 1 is 0.964 bits per heavy atom. The van der Waals surface area contributed by atoms with Crippen molar-refractivity contribution in [2.45, 2.75) is 53.8 Å². The molecule has 0 bridgehead atoms. The summed E-state index contributed by atoms with van der Waals surface area (Å²) in [6.07, 6.45) is 1.84. The topological polar surface area (TPSA) is 48.5 Å². The van der Waals surface area contributed by atoms with Gasteiger partial charge in [-0.15, -0.1) is 0 Å². The fourth-order valence-corrected chi connectivity index (χ4v) is 3.20. The lowest BCUT2D eigenvalue weighted by molar-refractivity contribution is 0.0951. The molecule has 1 heterocycles. The number of nitrogens with zero attached hydrogens (tertiary/aromatic N) is 3. The van der Waals surface area contributed by atoms with Gasteiger partial charge in [0.1, 0.15) is 5.82 Å². The van der Waals surface area contributed by atoms with E-state index in [1.54, 1.807) is 0 Å². The molecule has 0 atom stereocenters. The monoisotopic (exact) mass is 382 g/mol. The highest BCUT2D eigenvalue weighted by Crippen LogP contribution is 2.12. The fourth-order valence-electron chi connectivity index (χ4n) is 3.20. The van der Waals surface area contributed by atoms with E-state index in [2.05, 4.69) is 54.7 Å². The van der Waals surface area contributed by atoms with Gasteiger partial charge in [0, 0.05) is 44.0 Å². The summed E-state index contributed by atoms with van der Waals surface area (Å²) in [4.78, 5) is 21.5. The van der Waals surface area contributed by atoms with Crippen molar-refractivity contribution in [2.24, 2.45) is 0 Å². The molecule has 0 aliphatic rings. The molecule has 152 valence electrons. The minimum atomic E-state index is -0.0597. The second-order valence-corrected chi connectivity index (χ2v) is 7.23. The Kier molecular flexibility index (Phi) is 8.45. The maximum Gasteiger partial charge on any atom is 0.251 e. The quantitative estimate of drug-likeness (QED) is 0.672. The Balaban J connectivity index is 1.91. The van der Waals surface area contributed by atoms with E-state index < -0.39 is 0 Å². The van der Waals surface area contributed by atoms with Crippen molar-refractivity contribution < 1.29 is 4.79 Å². The first kappa shape index (κ1) is 21.9. The van der Waals surface area contributed by atoms with Gasteiger partial charge in [-0.05, 0) is 63.6 Å². The summed E-state index contributed by atoms with van der Waals surface area (Å²) in [5.41, 5.74) is 2.91. The molecule has 0 saturated heterocycles. The van der Waals surface area contributed by atoms with Crippen molar-refractivity contribution in [1.29, 1.82) is 0 Å². The van der Waals surface area contributed by atoms with Crippen molar-refractivity contribution in [2.75, 3.05) is 24.5 Å². The van der Waals surface area contributed by atoms with E-state index in [0.717, 1.165) is 37.6 Å². The molecule has 0 unspecified atom stereocenters. The molecule has 1 N–H and O–H groups in total. The maximum absolute atomic E-state index is 12.4. The van der Waals surface area contributed by atoms with Crippen LogP contribution in [0.15, 0.2) is 42.6 Å². The summed E-state index contributed by atoms with van der Waals surface area (Å²) in [7, 11) is 0. The maximum atomic E-state index is 12.4. The third kappa shape index (κ3) is 6.06. The summed E-state index contributed by atoms with van der Waals surface area (Å²) < 4.78 is 0. The van der Waals surface area contributed by atoms with Crippen LogP contribution in [0.2, 0.25) is 0 Å². The normalized spacial score (nSPS) is 11.1. The van der Waals surface area contributed by atoms with E-state index in [9.17, 15) is 4.79 Å². The standard InChI is InChI=1S/C23H34N4O/c1-6-26(7-2)22-14-11-20(15-24-22)16-25-23(28)21-12-9-19(10-13-21)17-27(8-3)18(4)5/h9-15,18H,6-8,16-17H2,1-5H3,(H,25,28). The van der Waals surface area contributed by atoms with Crippen LogP contribution >= 0.6 is 0 Å². The molecule has 28 heavy (non-hydrogen) atoms. The second-order valence-electron chi connectivity index (χ2n) is 7.23. The molecule has 0 spiro atoms. The number of carbonyl (C=O) groups is 1. The van der Waals surface area contributed by atoms with Crippen molar-refractivity contribution in [3.63, 3.8) is 0 Å². The van der Waals surface area contributed by atoms with Crippen LogP contribution in [0.25, 0.3) is 0 Å². The molecule has 5 nitrogen and oxygen atoms in total. The van der Waals surface area contributed by atoms with E-state index in [-0.39, 0.29) is 5.91 Å². The predicted molar refractivity (Wildman–Crippen MR) is 117 cm³/mol. The fraction of sp³-hybridized carbons (Fsp3) is 0.478. The van der Waals surface area contributed by atoms with Gasteiger partial charge in [0.25, 0.3) is 5.91 Å². The van der Waals surface area contributed by atoms with Crippen molar-refractivity contribution in [3.05, 3.63) is 59.3 Å². The molecule has 5 heteroatoms.